The summed E-state index contributed by atoms with van der Waals surface area (Å²) >= 11 is 5.94. The number of para-hydroxylation sites is 1. The van der Waals surface area contributed by atoms with Crippen LogP contribution in [-0.2, 0) is 9.59 Å². The number of hydrogen-bond donors (Lipinski definition) is 2. The average molecular weight is 331 g/mol. The van der Waals surface area contributed by atoms with Gasteiger partial charge in [0.25, 0.3) is 0 Å². The largest absolute Gasteiger partial charge is 0.325 e. The summed E-state index contributed by atoms with van der Waals surface area (Å²) < 4.78 is 0. The van der Waals surface area contributed by atoms with Crippen LogP contribution in [0.3, 0.4) is 0 Å². The molecule has 118 valence electrons. The van der Waals surface area contributed by atoms with Crippen molar-refractivity contribution < 1.29 is 9.59 Å². The van der Waals surface area contributed by atoms with Gasteiger partial charge in [0.2, 0.25) is 11.8 Å². The molecule has 1 aromatic heterocycles. The Hall–Kier alpha value is -2.73. The Bertz CT molecular complexity index is 704. The monoisotopic (exact) mass is 330 g/mol. The number of aromatic nitrogens is 1. The first-order chi connectivity index (χ1) is 11.1. The van der Waals surface area contributed by atoms with Crippen LogP contribution >= 0.6 is 11.6 Å². The van der Waals surface area contributed by atoms with E-state index in [4.69, 9.17) is 11.6 Å². The molecule has 2 amide bonds. The van der Waals surface area contributed by atoms with Gasteiger partial charge in [0, 0.05) is 30.8 Å². The van der Waals surface area contributed by atoms with E-state index in [-0.39, 0.29) is 24.7 Å². The van der Waals surface area contributed by atoms with Gasteiger partial charge < -0.3 is 5.32 Å². The second kappa shape index (κ2) is 8.65. The second-order valence-corrected chi connectivity index (χ2v) is 5.01. The normalized spacial score (nSPS) is 10.5. The van der Waals surface area contributed by atoms with E-state index in [0.717, 1.165) is 5.56 Å². The third kappa shape index (κ3) is 5.88. The molecule has 1 aromatic carbocycles. The summed E-state index contributed by atoms with van der Waals surface area (Å²) in [6, 6.07) is 10.5. The first kappa shape index (κ1) is 16.6. The molecule has 0 bridgehead atoms. The predicted molar refractivity (Wildman–Crippen MR) is 89.3 cm³/mol. The Labute approximate surface area is 138 Å². The molecule has 7 heteroatoms. The number of anilines is 1. The molecule has 0 saturated carbocycles. The van der Waals surface area contributed by atoms with Crippen LogP contribution < -0.4 is 10.7 Å². The minimum Gasteiger partial charge on any atom is -0.325 e. The maximum atomic E-state index is 11.8. The number of nitrogens with zero attached hydrogens (tertiary/aromatic N) is 2. The molecule has 1 heterocycles. The molecule has 2 rings (SSSR count). The number of rotatable bonds is 6. The molecule has 0 aliphatic carbocycles. The third-order valence-electron chi connectivity index (χ3n) is 2.81. The second-order valence-electron chi connectivity index (χ2n) is 4.61. The van der Waals surface area contributed by atoms with E-state index in [2.05, 4.69) is 20.8 Å². The van der Waals surface area contributed by atoms with Crippen molar-refractivity contribution in [3.05, 3.63) is 59.4 Å². The zero-order chi connectivity index (χ0) is 16.5. The van der Waals surface area contributed by atoms with Gasteiger partial charge in [0.15, 0.2) is 0 Å². The van der Waals surface area contributed by atoms with Crippen molar-refractivity contribution in [1.82, 2.24) is 10.4 Å². The van der Waals surface area contributed by atoms with Crippen LogP contribution in [0, 0.1) is 0 Å². The van der Waals surface area contributed by atoms with Crippen LogP contribution in [0.5, 0.6) is 0 Å². The zero-order valence-electron chi connectivity index (χ0n) is 12.2. The van der Waals surface area contributed by atoms with E-state index in [1.54, 1.807) is 48.8 Å². The van der Waals surface area contributed by atoms with E-state index in [0.29, 0.717) is 10.7 Å². The van der Waals surface area contributed by atoms with Crippen molar-refractivity contribution in [3.8, 4) is 0 Å². The smallest absolute Gasteiger partial charge is 0.240 e. The Balaban J connectivity index is 1.73. The van der Waals surface area contributed by atoms with Gasteiger partial charge in [-0.3, -0.25) is 14.6 Å². The standard InChI is InChI=1S/C16H15ClN4O2/c17-13-5-1-2-6-14(13)20-15(22)7-8-16(23)21-19-11-12-4-3-9-18-10-12/h1-6,9-11H,7-8H2,(H,20,22)(H,21,23)/b19-11+. The summed E-state index contributed by atoms with van der Waals surface area (Å²) in [7, 11) is 0. The lowest BCUT2D eigenvalue weighted by Gasteiger charge is -2.06. The van der Waals surface area contributed by atoms with Crippen molar-refractivity contribution in [2.24, 2.45) is 5.10 Å². The molecule has 23 heavy (non-hydrogen) atoms. The summed E-state index contributed by atoms with van der Waals surface area (Å²) in [4.78, 5) is 27.3. The first-order valence-corrected chi connectivity index (χ1v) is 7.29. The first-order valence-electron chi connectivity index (χ1n) is 6.91. The van der Waals surface area contributed by atoms with Crippen molar-refractivity contribution in [1.29, 1.82) is 0 Å². The van der Waals surface area contributed by atoms with Crippen molar-refractivity contribution in [2.75, 3.05) is 5.32 Å². The molecular weight excluding hydrogens is 316 g/mol. The van der Waals surface area contributed by atoms with E-state index < -0.39 is 0 Å². The molecule has 0 aliphatic rings. The van der Waals surface area contributed by atoms with Crippen molar-refractivity contribution in [2.45, 2.75) is 12.8 Å². The number of hydrogen-bond acceptors (Lipinski definition) is 4. The van der Waals surface area contributed by atoms with Crippen molar-refractivity contribution >= 4 is 35.3 Å². The van der Waals surface area contributed by atoms with Crippen LogP contribution in [0.15, 0.2) is 53.9 Å². The molecule has 6 nitrogen and oxygen atoms in total. The van der Waals surface area contributed by atoms with Gasteiger partial charge in [-0.2, -0.15) is 5.10 Å². The lowest BCUT2D eigenvalue weighted by atomic mass is 10.2. The van der Waals surface area contributed by atoms with Gasteiger partial charge >= 0.3 is 0 Å². The minimum atomic E-state index is -0.348. The SMILES string of the molecule is O=C(CCC(=O)Nc1ccccc1Cl)N/N=C/c1cccnc1. The highest BCUT2D eigenvalue weighted by molar-refractivity contribution is 6.33. The lowest BCUT2D eigenvalue weighted by molar-refractivity contribution is -0.124. The number of halogens is 1. The Morgan fingerprint density at radius 2 is 1.91 bits per heavy atom. The molecule has 0 atom stereocenters. The topological polar surface area (TPSA) is 83.5 Å². The Kier molecular flexibility index (Phi) is 6.26. The summed E-state index contributed by atoms with van der Waals surface area (Å²) in [6.07, 6.45) is 4.81. The van der Waals surface area contributed by atoms with E-state index in [9.17, 15) is 9.59 Å². The van der Waals surface area contributed by atoms with Crippen LogP contribution in [0.2, 0.25) is 5.02 Å². The van der Waals surface area contributed by atoms with E-state index in [1.165, 1.54) is 6.21 Å². The molecule has 0 spiro atoms. The number of carbonyl (C=O) groups is 2. The quantitative estimate of drug-likeness (QED) is 0.630. The summed E-state index contributed by atoms with van der Waals surface area (Å²) in [6.45, 7) is 0. The lowest BCUT2D eigenvalue weighted by Crippen LogP contribution is -2.20. The Morgan fingerprint density at radius 3 is 2.65 bits per heavy atom. The summed E-state index contributed by atoms with van der Waals surface area (Å²) in [5, 5.41) is 6.90. The van der Waals surface area contributed by atoms with Gasteiger partial charge in [-0.25, -0.2) is 5.43 Å². The highest BCUT2D eigenvalue weighted by Gasteiger charge is 2.08. The van der Waals surface area contributed by atoms with Crippen LogP contribution in [0.25, 0.3) is 0 Å². The average Bonchev–Trinajstić information content (AvgIpc) is 2.56. The summed E-state index contributed by atoms with van der Waals surface area (Å²) in [5.74, 6) is -0.635. The van der Waals surface area contributed by atoms with Gasteiger partial charge in [0.05, 0.1) is 16.9 Å². The molecule has 0 fully saturated rings. The molecule has 0 saturated heterocycles. The maximum Gasteiger partial charge on any atom is 0.240 e. The molecule has 2 N–H and O–H groups in total. The van der Waals surface area contributed by atoms with Crippen molar-refractivity contribution in [3.63, 3.8) is 0 Å². The fraction of sp³-hybridized carbons (Fsp3) is 0.125. The predicted octanol–water partition coefficient (Wildman–Crippen LogP) is 2.60. The van der Waals surface area contributed by atoms with Crippen LogP contribution in [0.4, 0.5) is 5.69 Å². The number of nitrogens with one attached hydrogen (secondary N) is 2. The van der Waals surface area contributed by atoms with Gasteiger partial charge in [0.1, 0.15) is 0 Å². The molecule has 0 radical (unpaired) electrons. The fourth-order valence-corrected chi connectivity index (χ4v) is 1.87. The summed E-state index contributed by atoms with van der Waals surface area (Å²) in [5.41, 5.74) is 3.65. The van der Waals surface area contributed by atoms with Crippen LogP contribution in [0.1, 0.15) is 18.4 Å². The number of hydrazone groups is 1. The number of pyridine rings is 1. The third-order valence-corrected chi connectivity index (χ3v) is 3.14. The van der Waals surface area contributed by atoms with E-state index >= 15 is 0 Å². The highest BCUT2D eigenvalue weighted by Crippen LogP contribution is 2.20. The molecule has 2 aromatic rings. The van der Waals surface area contributed by atoms with Crippen LogP contribution in [-0.4, -0.2) is 23.0 Å². The minimum absolute atomic E-state index is 0.0284. The maximum absolute atomic E-state index is 11.8. The fourth-order valence-electron chi connectivity index (χ4n) is 1.69. The zero-order valence-corrected chi connectivity index (χ0v) is 13.0. The molecule has 0 aliphatic heterocycles. The van der Waals surface area contributed by atoms with Gasteiger partial charge in [-0.1, -0.05) is 29.8 Å². The highest BCUT2D eigenvalue weighted by atomic mass is 35.5. The molecule has 0 unspecified atom stereocenters. The molecular formula is C16H15ClN4O2. The van der Waals surface area contributed by atoms with Gasteiger partial charge in [-0.15, -0.1) is 0 Å². The van der Waals surface area contributed by atoms with E-state index in [1.807, 2.05) is 0 Å². The number of benzene rings is 1. The Morgan fingerprint density at radius 1 is 1.13 bits per heavy atom. The number of carbonyl (C=O) groups excluding carboxylic acids is 2. The van der Waals surface area contributed by atoms with Gasteiger partial charge in [-0.05, 0) is 18.2 Å². The number of amides is 2.